The molecule has 0 saturated carbocycles. The van der Waals surface area contributed by atoms with Gasteiger partial charge in [-0.2, -0.15) is 0 Å². The predicted octanol–water partition coefficient (Wildman–Crippen LogP) is 4.07. The van der Waals surface area contributed by atoms with Crippen molar-refractivity contribution in [2.45, 2.75) is 72.6 Å². The number of hydrogen-bond donors (Lipinski definition) is 2. The molecule has 0 rings (SSSR count). The van der Waals surface area contributed by atoms with E-state index in [9.17, 15) is 4.79 Å². The lowest BCUT2D eigenvalue weighted by Gasteiger charge is -2.24. The molecule has 0 heterocycles. The molecule has 0 aliphatic carbocycles. The van der Waals surface area contributed by atoms with Crippen LogP contribution in [0.15, 0.2) is 0 Å². The summed E-state index contributed by atoms with van der Waals surface area (Å²) in [6.07, 6.45) is 7.25. The van der Waals surface area contributed by atoms with Gasteiger partial charge < -0.3 is 10.4 Å². The maximum atomic E-state index is 10.6. The van der Waals surface area contributed by atoms with Gasteiger partial charge in [-0.3, -0.25) is 4.79 Å². The van der Waals surface area contributed by atoms with Crippen LogP contribution in [0.5, 0.6) is 0 Å². The van der Waals surface area contributed by atoms with Gasteiger partial charge in [0, 0.05) is 6.42 Å². The number of aliphatic carboxylic acids is 1. The summed E-state index contributed by atoms with van der Waals surface area (Å²) in [6, 6.07) is 0. The summed E-state index contributed by atoms with van der Waals surface area (Å²) in [4.78, 5) is 10.6. The van der Waals surface area contributed by atoms with E-state index in [1.54, 1.807) is 0 Å². The first-order valence-electron chi connectivity index (χ1n) is 7.83. The lowest BCUT2D eigenvalue weighted by Crippen LogP contribution is -2.27. The average Bonchev–Trinajstić information content (AvgIpc) is 2.36. The van der Waals surface area contributed by atoms with Gasteiger partial charge in [0.2, 0.25) is 0 Å². The van der Waals surface area contributed by atoms with Crippen LogP contribution in [-0.4, -0.2) is 24.2 Å². The van der Waals surface area contributed by atoms with E-state index >= 15 is 0 Å². The molecule has 0 aromatic carbocycles. The minimum Gasteiger partial charge on any atom is -0.481 e. The van der Waals surface area contributed by atoms with E-state index < -0.39 is 5.97 Å². The molecule has 19 heavy (non-hydrogen) atoms. The normalized spacial score (nSPS) is 13.5. The Kier molecular flexibility index (Phi) is 9.94. The fraction of sp³-hybridized carbons (Fsp3) is 0.938. The molecule has 0 radical (unpaired) electrons. The van der Waals surface area contributed by atoms with Gasteiger partial charge in [-0.05, 0) is 43.7 Å². The van der Waals surface area contributed by atoms with Crippen LogP contribution in [0, 0.1) is 11.3 Å². The maximum Gasteiger partial charge on any atom is 0.303 e. The first kappa shape index (κ1) is 18.4. The van der Waals surface area contributed by atoms with E-state index in [2.05, 4.69) is 33.0 Å². The minimum atomic E-state index is -0.688. The van der Waals surface area contributed by atoms with E-state index in [-0.39, 0.29) is 11.8 Å². The summed E-state index contributed by atoms with van der Waals surface area (Å²) in [5.74, 6) is 0.105. The largest absolute Gasteiger partial charge is 0.481 e. The van der Waals surface area contributed by atoms with Crippen molar-refractivity contribution in [3.8, 4) is 0 Å². The standard InChI is InChI=1S/C16H33NO2/c1-5-7-8-14(6-2)13-17-12-11-16(3,4)10-9-15(18)19/h14,17H,5-13H2,1-4H3,(H,18,19). The zero-order valence-corrected chi connectivity index (χ0v) is 13.3. The summed E-state index contributed by atoms with van der Waals surface area (Å²) in [6.45, 7) is 10.9. The van der Waals surface area contributed by atoms with Crippen molar-refractivity contribution in [3.05, 3.63) is 0 Å². The number of nitrogens with one attached hydrogen (secondary N) is 1. The predicted molar refractivity (Wildman–Crippen MR) is 81.4 cm³/mol. The van der Waals surface area contributed by atoms with Gasteiger partial charge in [-0.1, -0.05) is 47.0 Å². The molecule has 3 nitrogen and oxygen atoms in total. The van der Waals surface area contributed by atoms with Crippen LogP contribution < -0.4 is 5.32 Å². The van der Waals surface area contributed by atoms with Crippen LogP contribution >= 0.6 is 0 Å². The molecular weight excluding hydrogens is 238 g/mol. The topological polar surface area (TPSA) is 49.3 Å². The minimum absolute atomic E-state index is 0.122. The van der Waals surface area contributed by atoms with Crippen molar-refractivity contribution in [2.24, 2.45) is 11.3 Å². The molecule has 0 amide bonds. The fourth-order valence-electron chi connectivity index (χ4n) is 2.25. The highest BCUT2D eigenvalue weighted by molar-refractivity contribution is 5.66. The number of carboxylic acids is 1. The number of rotatable bonds is 12. The van der Waals surface area contributed by atoms with Gasteiger partial charge in [0.15, 0.2) is 0 Å². The van der Waals surface area contributed by atoms with E-state index in [0.717, 1.165) is 31.8 Å². The highest BCUT2D eigenvalue weighted by Crippen LogP contribution is 2.26. The smallest absolute Gasteiger partial charge is 0.303 e. The van der Waals surface area contributed by atoms with E-state index in [4.69, 9.17) is 5.11 Å². The molecule has 114 valence electrons. The van der Waals surface area contributed by atoms with Crippen LogP contribution in [-0.2, 0) is 4.79 Å². The second-order valence-electron chi connectivity index (χ2n) is 6.43. The van der Waals surface area contributed by atoms with Crippen LogP contribution in [0.25, 0.3) is 0 Å². The van der Waals surface area contributed by atoms with Gasteiger partial charge in [0.05, 0.1) is 0 Å². The first-order chi connectivity index (χ1) is 8.91. The van der Waals surface area contributed by atoms with Crippen molar-refractivity contribution in [1.29, 1.82) is 0 Å². The van der Waals surface area contributed by atoms with Crippen molar-refractivity contribution < 1.29 is 9.90 Å². The van der Waals surface area contributed by atoms with Gasteiger partial charge in [0.25, 0.3) is 0 Å². The molecule has 1 unspecified atom stereocenters. The van der Waals surface area contributed by atoms with Gasteiger partial charge in [0.1, 0.15) is 0 Å². The molecule has 0 bridgehead atoms. The second-order valence-corrected chi connectivity index (χ2v) is 6.43. The molecular formula is C16H33NO2. The molecule has 0 fully saturated rings. The van der Waals surface area contributed by atoms with Crippen LogP contribution in [0.3, 0.4) is 0 Å². The van der Waals surface area contributed by atoms with Crippen molar-refractivity contribution >= 4 is 5.97 Å². The highest BCUT2D eigenvalue weighted by Gasteiger charge is 2.18. The highest BCUT2D eigenvalue weighted by atomic mass is 16.4. The number of unbranched alkanes of at least 4 members (excludes halogenated alkanes) is 1. The molecule has 2 N–H and O–H groups in total. The third-order valence-corrected chi connectivity index (χ3v) is 3.97. The summed E-state index contributed by atoms with van der Waals surface area (Å²) in [5.41, 5.74) is 0.122. The monoisotopic (exact) mass is 271 g/mol. The van der Waals surface area contributed by atoms with Crippen LogP contribution in [0.1, 0.15) is 72.6 Å². The Morgan fingerprint density at radius 3 is 2.47 bits per heavy atom. The van der Waals surface area contributed by atoms with Gasteiger partial charge in [-0.15, -0.1) is 0 Å². The Morgan fingerprint density at radius 2 is 1.95 bits per heavy atom. The lowest BCUT2D eigenvalue weighted by atomic mass is 9.84. The zero-order chi connectivity index (χ0) is 14.7. The summed E-state index contributed by atoms with van der Waals surface area (Å²) in [5, 5.41) is 12.3. The summed E-state index contributed by atoms with van der Waals surface area (Å²) < 4.78 is 0. The summed E-state index contributed by atoms with van der Waals surface area (Å²) >= 11 is 0. The fourth-order valence-corrected chi connectivity index (χ4v) is 2.25. The Labute approximate surface area is 119 Å². The number of hydrogen-bond acceptors (Lipinski definition) is 2. The first-order valence-corrected chi connectivity index (χ1v) is 7.83. The molecule has 0 aliphatic rings. The maximum absolute atomic E-state index is 10.6. The molecule has 0 saturated heterocycles. The third-order valence-electron chi connectivity index (χ3n) is 3.97. The van der Waals surface area contributed by atoms with Gasteiger partial charge in [-0.25, -0.2) is 0 Å². The zero-order valence-electron chi connectivity index (χ0n) is 13.3. The number of carboxylic acid groups (broad SMARTS) is 1. The molecule has 0 spiro atoms. The average molecular weight is 271 g/mol. The lowest BCUT2D eigenvalue weighted by molar-refractivity contribution is -0.137. The van der Waals surface area contributed by atoms with Gasteiger partial charge >= 0.3 is 5.97 Å². The van der Waals surface area contributed by atoms with Crippen LogP contribution in [0.2, 0.25) is 0 Å². The Morgan fingerprint density at radius 1 is 1.26 bits per heavy atom. The molecule has 1 atom stereocenters. The Bertz CT molecular complexity index is 239. The van der Waals surface area contributed by atoms with E-state index in [1.807, 2.05) is 0 Å². The molecule has 0 aromatic heterocycles. The SMILES string of the molecule is CCCCC(CC)CNCCC(C)(C)CCC(=O)O. The summed E-state index contributed by atoms with van der Waals surface area (Å²) in [7, 11) is 0. The van der Waals surface area contributed by atoms with Crippen molar-refractivity contribution in [1.82, 2.24) is 5.32 Å². The van der Waals surface area contributed by atoms with E-state index in [0.29, 0.717) is 0 Å². The van der Waals surface area contributed by atoms with Crippen molar-refractivity contribution in [2.75, 3.05) is 13.1 Å². The molecule has 3 heteroatoms. The third kappa shape index (κ3) is 11.0. The second kappa shape index (κ2) is 10.2. The van der Waals surface area contributed by atoms with Crippen molar-refractivity contribution in [3.63, 3.8) is 0 Å². The number of carbonyl (C=O) groups is 1. The molecule has 0 aromatic rings. The quantitative estimate of drug-likeness (QED) is 0.526. The Balaban J connectivity index is 3.73. The van der Waals surface area contributed by atoms with Crippen LogP contribution in [0.4, 0.5) is 0 Å². The van der Waals surface area contributed by atoms with E-state index in [1.165, 1.54) is 25.7 Å². The molecule has 0 aliphatic heterocycles. The Hall–Kier alpha value is -0.570.